The molecule has 0 radical (unpaired) electrons. The zero-order valence-corrected chi connectivity index (χ0v) is 18.2. The van der Waals surface area contributed by atoms with Crippen LogP contribution in [0.15, 0.2) is 78.9 Å². The van der Waals surface area contributed by atoms with E-state index in [-0.39, 0.29) is 30.8 Å². The second-order valence-electron chi connectivity index (χ2n) is 7.14. The van der Waals surface area contributed by atoms with Gasteiger partial charge in [0.25, 0.3) is 5.91 Å². The summed E-state index contributed by atoms with van der Waals surface area (Å²) in [5, 5.41) is 8.88. The third kappa shape index (κ3) is 6.94. The monoisotopic (exact) mass is 450 g/mol. The number of para-hydroxylation sites is 2. The summed E-state index contributed by atoms with van der Waals surface area (Å²) in [5.41, 5.74) is 2.01. The number of hydrogen-bond donors (Lipinski definition) is 3. The van der Waals surface area contributed by atoms with Crippen LogP contribution in [0.2, 0.25) is 5.02 Å². The molecule has 8 heteroatoms. The van der Waals surface area contributed by atoms with Crippen LogP contribution in [0.3, 0.4) is 0 Å². The zero-order chi connectivity index (χ0) is 22.9. The number of nitrogens with zero attached hydrogens (tertiary/aromatic N) is 1. The molecule has 0 saturated carbocycles. The van der Waals surface area contributed by atoms with Crippen LogP contribution >= 0.6 is 11.6 Å². The first kappa shape index (κ1) is 23.0. The highest BCUT2D eigenvalue weighted by molar-refractivity contribution is 6.30. The average Bonchev–Trinajstić information content (AvgIpc) is 2.76. The van der Waals surface area contributed by atoms with Gasteiger partial charge >= 0.3 is 0 Å². The highest BCUT2D eigenvalue weighted by Gasteiger charge is 2.15. The van der Waals surface area contributed by atoms with Crippen molar-refractivity contribution in [3.63, 3.8) is 0 Å². The molecule has 32 heavy (non-hydrogen) atoms. The summed E-state index contributed by atoms with van der Waals surface area (Å²) in [7, 11) is 1.66. The van der Waals surface area contributed by atoms with E-state index in [1.54, 1.807) is 72.6 Å². The largest absolute Gasteiger partial charge is 0.325 e. The Morgan fingerprint density at radius 2 is 1.28 bits per heavy atom. The fourth-order valence-electron chi connectivity index (χ4n) is 2.98. The van der Waals surface area contributed by atoms with Crippen LogP contribution in [0.1, 0.15) is 10.4 Å². The molecular formula is C24H23ClN4O3. The Hall–Kier alpha value is -3.68. The molecule has 3 aromatic rings. The Morgan fingerprint density at radius 3 is 1.97 bits per heavy atom. The first-order valence-corrected chi connectivity index (χ1v) is 10.3. The van der Waals surface area contributed by atoms with Crippen molar-refractivity contribution in [2.24, 2.45) is 0 Å². The second kappa shape index (κ2) is 11.1. The molecule has 0 aromatic heterocycles. The van der Waals surface area contributed by atoms with Crippen LogP contribution in [0.25, 0.3) is 0 Å². The topological polar surface area (TPSA) is 90.5 Å². The van der Waals surface area contributed by atoms with E-state index >= 15 is 0 Å². The lowest BCUT2D eigenvalue weighted by molar-refractivity contribution is -0.119. The Balaban J connectivity index is 1.54. The second-order valence-corrected chi connectivity index (χ2v) is 7.58. The number of halogens is 1. The molecule has 0 bridgehead atoms. The van der Waals surface area contributed by atoms with Gasteiger partial charge in [0.1, 0.15) is 0 Å². The van der Waals surface area contributed by atoms with E-state index in [1.165, 1.54) is 0 Å². The highest BCUT2D eigenvalue weighted by atomic mass is 35.5. The lowest BCUT2D eigenvalue weighted by Gasteiger charge is -2.17. The molecule has 7 nitrogen and oxygen atoms in total. The summed E-state index contributed by atoms with van der Waals surface area (Å²) >= 11 is 5.84. The summed E-state index contributed by atoms with van der Waals surface area (Å²) < 4.78 is 0. The van der Waals surface area contributed by atoms with Crippen LogP contribution in [-0.4, -0.2) is 42.8 Å². The van der Waals surface area contributed by atoms with Gasteiger partial charge in [0, 0.05) is 16.4 Å². The number of likely N-dealkylation sites (N-methyl/N-ethyl adjacent to an activating group) is 1. The van der Waals surface area contributed by atoms with Gasteiger partial charge in [-0.15, -0.1) is 0 Å². The normalized spacial score (nSPS) is 10.5. The Morgan fingerprint density at radius 1 is 0.719 bits per heavy atom. The molecule has 0 aliphatic rings. The quantitative estimate of drug-likeness (QED) is 0.482. The molecule has 3 rings (SSSR count). The predicted molar refractivity (Wildman–Crippen MR) is 127 cm³/mol. The fraction of sp³-hybridized carbons (Fsp3) is 0.125. The van der Waals surface area contributed by atoms with Crippen molar-refractivity contribution in [2.75, 3.05) is 36.1 Å². The van der Waals surface area contributed by atoms with Gasteiger partial charge in [0.15, 0.2) is 0 Å². The number of carbonyl (C=O) groups excluding carboxylic acids is 3. The summed E-state index contributed by atoms with van der Waals surface area (Å²) in [6, 6.07) is 22.6. The van der Waals surface area contributed by atoms with Gasteiger partial charge in [0.2, 0.25) is 11.8 Å². The van der Waals surface area contributed by atoms with Gasteiger partial charge in [-0.25, -0.2) is 0 Å². The molecule has 0 aliphatic carbocycles. The maximum atomic E-state index is 12.6. The third-order valence-electron chi connectivity index (χ3n) is 4.43. The Kier molecular flexibility index (Phi) is 7.96. The number of rotatable bonds is 8. The van der Waals surface area contributed by atoms with Gasteiger partial charge in [-0.2, -0.15) is 0 Å². The van der Waals surface area contributed by atoms with Crippen molar-refractivity contribution in [2.45, 2.75) is 0 Å². The molecule has 0 fully saturated rings. The number of anilines is 3. The molecular weight excluding hydrogens is 428 g/mol. The van der Waals surface area contributed by atoms with Crippen molar-refractivity contribution in [1.29, 1.82) is 0 Å². The van der Waals surface area contributed by atoms with Gasteiger partial charge in [0.05, 0.1) is 24.3 Å². The van der Waals surface area contributed by atoms with E-state index in [9.17, 15) is 14.4 Å². The summed E-state index contributed by atoms with van der Waals surface area (Å²) in [5.74, 6) is -0.931. The average molecular weight is 451 g/mol. The van der Waals surface area contributed by atoms with E-state index in [0.717, 1.165) is 0 Å². The number of amides is 3. The minimum absolute atomic E-state index is 0.0200. The predicted octanol–water partition coefficient (Wildman–Crippen LogP) is 4.10. The van der Waals surface area contributed by atoms with Crippen LogP contribution < -0.4 is 16.0 Å². The van der Waals surface area contributed by atoms with Crippen LogP contribution in [0, 0.1) is 0 Å². The zero-order valence-electron chi connectivity index (χ0n) is 17.5. The van der Waals surface area contributed by atoms with E-state index < -0.39 is 0 Å². The maximum absolute atomic E-state index is 12.6. The number of benzene rings is 3. The van der Waals surface area contributed by atoms with Gasteiger partial charge in [-0.1, -0.05) is 41.9 Å². The molecule has 0 heterocycles. The van der Waals surface area contributed by atoms with Gasteiger partial charge < -0.3 is 16.0 Å². The van der Waals surface area contributed by atoms with E-state index in [2.05, 4.69) is 16.0 Å². The van der Waals surface area contributed by atoms with Crippen molar-refractivity contribution in [3.05, 3.63) is 89.4 Å². The minimum Gasteiger partial charge on any atom is -0.325 e. The van der Waals surface area contributed by atoms with Crippen molar-refractivity contribution >= 4 is 46.4 Å². The number of carbonyl (C=O) groups is 3. The molecule has 3 N–H and O–H groups in total. The standard InChI is InChI=1S/C24H23ClN4O3/c1-29(15-22(30)26-19-13-11-17(25)12-14-19)16-23(31)28-21-10-6-5-9-20(21)24(32)27-18-7-3-2-4-8-18/h2-14H,15-16H2,1H3,(H,26,30)(H,27,32)(H,28,31). The molecule has 0 unspecified atom stereocenters. The van der Waals surface area contributed by atoms with Crippen LogP contribution in [-0.2, 0) is 9.59 Å². The number of nitrogens with one attached hydrogen (secondary N) is 3. The van der Waals surface area contributed by atoms with Crippen molar-refractivity contribution in [1.82, 2.24) is 4.90 Å². The lowest BCUT2D eigenvalue weighted by atomic mass is 10.1. The van der Waals surface area contributed by atoms with Gasteiger partial charge in [-0.05, 0) is 55.6 Å². The highest BCUT2D eigenvalue weighted by Crippen LogP contribution is 2.17. The first-order chi connectivity index (χ1) is 15.4. The maximum Gasteiger partial charge on any atom is 0.257 e. The van der Waals surface area contributed by atoms with Crippen molar-refractivity contribution in [3.8, 4) is 0 Å². The minimum atomic E-state index is -0.341. The SMILES string of the molecule is CN(CC(=O)Nc1ccc(Cl)cc1)CC(=O)Nc1ccccc1C(=O)Nc1ccccc1. The van der Waals surface area contributed by atoms with Gasteiger partial charge in [-0.3, -0.25) is 19.3 Å². The van der Waals surface area contributed by atoms with Crippen LogP contribution in [0.4, 0.5) is 17.1 Å². The summed E-state index contributed by atoms with van der Waals surface area (Å²) in [4.78, 5) is 38.9. The third-order valence-corrected chi connectivity index (χ3v) is 4.68. The first-order valence-electron chi connectivity index (χ1n) is 9.90. The number of hydrogen-bond acceptors (Lipinski definition) is 4. The molecule has 0 spiro atoms. The van der Waals surface area contributed by atoms with Crippen LogP contribution in [0.5, 0.6) is 0 Å². The molecule has 3 aromatic carbocycles. The lowest BCUT2D eigenvalue weighted by Crippen LogP contribution is -2.36. The molecule has 164 valence electrons. The molecule has 0 atom stereocenters. The molecule has 3 amide bonds. The Labute approximate surface area is 191 Å². The molecule has 0 saturated heterocycles. The van der Waals surface area contributed by atoms with E-state index in [0.29, 0.717) is 27.6 Å². The smallest absolute Gasteiger partial charge is 0.257 e. The van der Waals surface area contributed by atoms with E-state index in [4.69, 9.17) is 11.6 Å². The fourth-order valence-corrected chi connectivity index (χ4v) is 3.11. The summed E-state index contributed by atoms with van der Waals surface area (Å²) in [6.07, 6.45) is 0. The van der Waals surface area contributed by atoms with Crippen molar-refractivity contribution < 1.29 is 14.4 Å². The molecule has 0 aliphatic heterocycles. The Bertz CT molecular complexity index is 1090. The van der Waals surface area contributed by atoms with E-state index in [1.807, 2.05) is 18.2 Å². The summed E-state index contributed by atoms with van der Waals surface area (Å²) in [6.45, 7) is -0.00510.